The Kier molecular flexibility index (Phi) is 5.28. The highest BCUT2D eigenvalue weighted by Crippen LogP contribution is 2.30. The minimum Gasteiger partial charge on any atom is -0.458 e. The zero-order chi connectivity index (χ0) is 16.8. The molecule has 126 valence electrons. The summed E-state index contributed by atoms with van der Waals surface area (Å²) in [5.74, 6) is -0.313. The second-order valence-corrected chi connectivity index (χ2v) is 6.24. The van der Waals surface area contributed by atoms with Crippen LogP contribution in [0.3, 0.4) is 0 Å². The first-order valence-corrected chi connectivity index (χ1v) is 8.16. The summed E-state index contributed by atoms with van der Waals surface area (Å²) in [4.78, 5) is 12.2. The Morgan fingerprint density at radius 3 is 2.21 bits per heavy atom. The Labute approximate surface area is 142 Å². The van der Waals surface area contributed by atoms with E-state index in [4.69, 9.17) is 14.2 Å². The van der Waals surface area contributed by atoms with Gasteiger partial charge in [-0.15, -0.1) is 0 Å². The molecule has 0 saturated carbocycles. The number of rotatable bonds is 7. The second-order valence-electron chi connectivity index (χ2n) is 6.24. The lowest BCUT2D eigenvalue weighted by Gasteiger charge is -2.20. The molecular weight excluding hydrogens is 304 g/mol. The first kappa shape index (κ1) is 16.7. The molecule has 1 fully saturated rings. The van der Waals surface area contributed by atoms with E-state index in [2.05, 4.69) is 0 Å². The predicted molar refractivity (Wildman–Crippen MR) is 90.2 cm³/mol. The van der Waals surface area contributed by atoms with Crippen molar-refractivity contribution in [2.24, 2.45) is 0 Å². The van der Waals surface area contributed by atoms with Crippen LogP contribution in [0.5, 0.6) is 0 Å². The van der Waals surface area contributed by atoms with Crippen molar-refractivity contribution in [1.29, 1.82) is 0 Å². The Morgan fingerprint density at radius 1 is 1.00 bits per heavy atom. The molecule has 1 heterocycles. The van der Waals surface area contributed by atoms with Gasteiger partial charge in [0.15, 0.2) is 5.60 Å². The SMILES string of the molecule is C[C@@]1(OCc2ccccc2)C[C@@H](COCc2ccccc2)OC1=O. The summed E-state index contributed by atoms with van der Waals surface area (Å²) in [7, 11) is 0. The fraction of sp³-hybridized carbons (Fsp3) is 0.350. The van der Waals surface area contributed by atoms with Gasteiger partial charge in [-0.2, -0.15) is 0 Å². The Bertz CT molecular complexity index is 656. The number of cyclic esters (lactones) is 1. The van der Waals surface area contributed by atoms with Gasteiger partial charge in [0.2, 0.25) is 0 Å². The molecule has 0 aliphatic carbocycles. The maximum Gasteiger partial charge on any atom is 0.338 e. The van der Waals surface area contributed by atoms with Crippen molar-refractivity contribution in [2.45, 2.75) is 38.3 Å². The first-order chi connectivity index (χ1) is 11.7. The van der Waals surface area contributed by atoms with Crippen molar-refractivity contribution in [1.82, 2.24) is 0 Å². The van der Waals surface area contributed by atoms with Crippen LogP contribution in [0.15, 0.2) is 60.7 Å². The maximum atomic E-state index is 12.2. The highest BCUT2D eigenvalue weighted by molar-refractivity contribution is 5.81. The van der Waals surface area contributed by atoms with Crippen LogP contribution in [0.4, 0.5) is 0 Å². The third-order valence-electron chi connectivity index (χ3n) is 4.14. The summed E-state index contributed by atoms with van der Waals surface area (Å²) >= 11 is 0. The van der Waals surface area contributed by atoms with E-state index in [1.807, 2.05) is 60.7 Å². The smallest absolute Gasteiger partial charge is 0.338 e. The summed E-state index contributed by atoms with van der Waals surface area (Å²) in [6, 6.07) is 19.7. The van der Waals surface area contributed by atoms with Gasteiger partial charge in [-0.05, 0) is 18.1 Å². The quantitative estimate of drug-likeness (QED) is 0.731. The molecule has 1 saturated heterocycles. The fourth-order valence-electron chi connectivity index (χ4n) is 2.75. The van der Waals surface area contributed by atoms with Gasteiger partial charge in [0, 0.05) is 6.42 Å². The van der Waals surface area contributed by atoms with Crippen LogP contribution in [0.1, 0.15) is 24.5 Å². The normalized spacial score (nSPS) is 23.2. The third-order valence-corrected chi connectivity index (χ3v) is 4.14. The number of esters is 1. The Hall–Kier alpha value is -2.17. The van der Waals surface area contributed by atoms with E-state index in [9.17, 15) is 4.79 Å². The molecule has 2 atom stereocenters. The lowest BCUT2D eigenvalue weighted by atomic mass is 10.0. The molecule has 0 radical (unpaired) electrons. The van der Waals surface area contributed by atoms with Crippen molar-refractivity contribution in [2.75, 3.05) is 6.61 Å². The lowest BCUT2D eigenvalue weighted by Crippen LogP contribution is -2.34. The molecule has 0 spiro atoms. The Balaban J connectivity index is 1.47. The summed E-state index contributed by atoms with van der Waals surface area (Å²) < 4.78 is 16.9. The van der Waals surface area contributed by atoms with E-state index in [0.717, 1.165) is 11.1 Å². The minimum atomic E-state index is -0.906. The van der Waals surface area contributed by atoms with Crippen LogP contribution in [0.25, 0.3) is 0 Å². The largest absolute Gasteiger partial charge is 0.458 e. The van der Waals surface area contributed by atoms with Gasteiger partial charge in [0.05, 0.1) is 19.8 Å². The molecule has 24 heavy (non-hydrogen) atoms. The summed E-state index contributed by atoms with van der Waals surface area (Å²) in [5, 5.41) is 0. The minimum absolute atomic E-state index is 0.262. The van der Waals surface area contributed by atoms with Gasteiger partial charge in [-0.1, -0.05) is 60.7 Å². The summed E-state index contributed by atoms with van der Waals surface area (Å²) in [5.41, 5.74) is 1.23. The highest BCUT2D eigenvalue weighted by Gasteiger charge is 2.46. The average Bonchev–Trinajstić information content (AvgIpc) is 2.90. The number of benzene rings is 2. The first-order valence-electron chi connectivity index (χ1n) is 8.16. The number of hydrogen-bond acceptors (Lipinski definition) is 4. The third kappa shape index (κ3) is 4.22. The van der Waals surface area contributed by atoms with E-state index in [0.29, 0.717) is 26.2 Å². The average molecular weight is 326 g/mol. The molecule has 1 aliphatic heterocycles. The molecule has 0 bridgehead atoms. The molecule has 0 amide bonds. The van der Waals surface area contributed by atoms with Crippen molar-refractivity contribution >= 4 is 5.97 Å². The van der Waals surface area contributed by atoms with Gasteiger partial charge in [0.25, 0.3) is 0 Å². The topological polar surface area (TPSA) is 44.8 Å². The van der Waals surface area contributed by atoms with E-state index >= 15 is 0 Å². The van der Waals surface area contributed by atoms with Gasteiger partial charge in [0.1, 0.15) is 6.10 Å². The number of carbonyl (C=O) groups excluding carboxylic acids is 1. The van der Waals surface area contributed by atoms with Crippen molar-refractivity contribution < 1.29 is 19.0 Å². The van der Waals surface area contributed by atoms with E-state index < -0.39 is 5.60 Å². The van der Waals surface area contributed by atoms with Gasteiger partial charge in [-0.25, -0.2) is 4.79 Å². The summed E-state index contributed by atoms with van der Waals surface area (Å²) in [6.07, 6.45) is 0.245. The molecular formula is C20H22O4. The number of hydrogen-bond donors (Lipinski definition) is 0. The number of ether oxygens (including phenoxy) is 3. The van der Waals surface area contributed by atoms with Crippen LogP contribution in [-0.4, -0.2) is 24.3 Å². The van der Waals surface area contributed by atoms with Crippen LogP contribution >= 0.6 is 0 Å². The van der Waals surface area contributed by atoms with Crippen LogP contribution < -0.4 is 0 Å². The molecule has 0 unspecified atom stereocenters. The molecule has 4 heteroatoms. The molecule has 2 aromatic rings. The molecule has 0 N–H and O–H groups in total. The maximum absolute atomic E-state index is 12.2. The lowest BCUT2D eigenvalue weighted by molar-refractivity contribution is -0.160. The second kappa shape index (κ2) is 7.60. The van der Waals surface area contributed by atoms with E-state index in [1.54, 1.807) is 6.92 Å². The van der Waals surface area contributed by atoms with Crippen molar-refractivity contribution in [3.05, 3.63) is 71.8 Å². The highest BCUT2D eigenvalue weighted by atomic mass is 16.6. The van der Waals surface area contributed by atoms with E-state index in [-0.39, 0.29) is 12.1 Å². The monoisotopic (exact) mass is 326 g/mol. The van der Waals surface area contributed by atoms with Crippen LogP contribution in [0.2, 0.25) is 0 Å². The van der Waals surface area contributed by atoms with Gasteiger partial charge < -0.3 is 14.2 Å². The fourth-order valence-corrected chi connectivity index (χ4v) is 2.75. The zero-order valence-corrected chi connectivity index (χ0v) is 13.8. The van der Waals surface area contributed by atoms with Crippen LogP contribution in [0, 0.1) is 0 Å². The summed E-state index contributed by atoms with van der Waals surface area (Å²) in [6.45, 7) is 3.07. The van der Waals surface area contributed by atoms with Crippen molar-refractivity contribution in [3.63, 3.8) is 0 Å². The van der Waals surface area contributed by atoms with Gasteiger partial charge in [-0.3, -0.25) is 0 Å². The molecule has 0 aromatic heterocycles. The molecule has 3 rings (SSSR count). The van der Waals surface area contributed by atoms with Crippen molar-refractivity contribution in [3.8, 4) is 0 Å². The molecule has 2 aromatic carbocycles. The zero-order valence-electron chi connectivity index (χ0n) is 13.8. The van der Waals surface area contributed by atoms with E-state index in [1.165, 1.54) is 0 Å². The molecule has 1 aliphatic rings. The standard InChI is InChI=1S/C20H22O4/c1-20(23-14-17-10-6-3-7-11-17)12-18(24-19(20)21)15-22-13-16-8-4-2-5-9-16/h2-11,18H,12-15H2,1H3/t18-,20+/m0/s1. The predicted octanol–water partition coefficient (Wildman–Crippen LogP) is 3.49. The van der Waals surface area contributed by atoms with Gasteiger partial charge >= 0.3 is 5.97 Å². The van der Waals surface area contributed by atoms with Crippen LogP contribution in [-0.2, 0) is 32.2 Å². The Morgan fingerprint density at radius 2 is 1.58 bits per heavy atom. The molecule has 4 nitrogen and oxygen atoms in total. The number of carbonyl (C=O) groups is 1.